The third kappa shape index (κ3) is 4.13. The molecule has 0 saturated carbocycles. The van der Waals surface area contributed by atoms with Crippen LogP contribution in [0.2, 0.25) is 0 Å². The molecular formula is C23H27N3O3S. The lowest BCUT2D eigenvalue weighted by Gasteiger charge is -2.25. The number of anilines is 2. The van der Waals surface area contributed by atoms with Gasteiger partial charge in [-0.05, 0) is 34.9 Å². The summed E-state index contributed by atoms with van der Waals surface area (Å²) < 4.78 is 30.5. The van der Waals surface area contributed by atoms with E-state index in [9.17, 15) is 8.42 Å². The Morgan fingerprint density at radius 2 is 1.37 bits per heavy atom. The van der Waals surface area contributed by atoms with Gasteiger partial charge in [0.05, 0.1) is 23.4 Å². The van der Waals surface area contributed by atoms with Crippen molar-refractivity contribution in [3.63, 3.8) is 0 Å². The number of nitrogens with two attached hydrogens (primary N) is 1. The topological polar surface area (TPSA) is 75.9 Å². The summed E-state index contributed by atoms with van der Waals surface area (Å²) in [4.78, 5) is 4.04. The van der Waals surface area contributed by atoms with Crippen LogP contribution < -0.4 is 19.7 Å². The average Bonchev–Trinajstić information content (AvgIpc) is 2.72. The number of rotatable bonds is 6. The Morgan fingerprint density at radius 1 is 0.800 bits per heavy atom. The Bertz CT molecular complexity index is 1130. The first-order chi connectivity index (χ1) is 14.1. The minimum absolute atomic E-state index is 0.0971. The molecule has 0 aliphatic rings. The molecule has 158 valence electrons. The molecule has 6 nitrogen and oxygen atoms in total. The largest absolute Gasteiger partial charge is 0.492 e. The van der Waals surface area contributed by atoms with Gasteiger partial charge in [-0.25, -0.2) is 13.6 Å². The summed E-state index contributed by atoms with van der Waals surface area (Å²) in [5.41, 5.74) is 4.79. The Morgan fingerprint density at radius 3 is 1.83 bits per heavy atom. The van der Waals surface area contributed by atoms with Crippen molar-refractivity contribution in [2.75, 3.05) is 45.1 Å². The molecule has 0 aliphatic heterocycles. The molecule has 0 atom stereocenters. The first kappa shape index (κ1) is 21.7. The van der Waals surface area contributed by atoms with Gasteiger partial charge < -0.3 is 14.5 Å². The van der Waals surface area contributed by atoms with Gasteiger partial charge in [-0.3, -0.25) is 0 Å². The van der Waals surface area contributed by atoms with E-state index in [0.29, 0.717) is 5.56 Å². The summed E-state index contributed by atoms with van der Waals surface area (Å²) in [6, 6.07) is 18.6. The quantitative estimate of drug-likeness (QED) is 0.650. The van der Waals surface area contributed by atoms with E-state index >= 15 is 0 Å². The fourth-order valence-electron chi connectivity index (χ4n) is 3.54. The van der Waals surface area contributed by atoms with Gasteiger partial charge in [0.25, 0.3) is 0 Å². The maximum Gasteiger partial charge on any atom is 0.238 e. The van der Waals surface area contributed by atoms with Crippen molar-refractivity contribution in [3.8, 4) is 28.0 Å². The zero-order valence-corrected chi connectivity index (χ0v) is 18.7. The third-order valence-corrected chi connectivity index (χ3v) is 5.88. The monoisotopic (exact) mass is 425 g/mol. The molecule has 2 N–H and O–H groups in total. The summed E-state index contributed by atoms with van der Waals surface area (Å²) in [6.45, 7) is 0. The van der Waals surface area contributed by atoms with E-state index in [-0.39, 0.29) is 4.90 Å². The van der Waals surface area contributed by atoms with Gasteiger partial charge in [0, 0.05) is 33.8 Å². The molecule has 30 heavy (non-hydrogen) atoms. The highest BCUT2D eigenvalue weighted by molar-refractivity contribution is 7.89. The molecule has 0 bridgehead atoms. The molecule has 7 heteroatoms. The molecule has 0 radical (unpaired) electrons. The molecule has 0 fully saturated rings. The predicted octanol–water partition coefficient (Wildman–Crippen LogP) is 3.81. The molecule has 0 heterocycles. The fourth-order valence-corrected chi connectivity index (χ4v) is 4.32. The van der Waals surface area contributed by atoms with Crippen LogP contribution in [0.4, 0.5) is 11.4 Å². The summed E-state index contributed by atoms with van der Waals surface area (Å²) in [7, 11) is 5.50. The van der Waals surface area contributed by atoms with Crippen LogP contribution in [0.3, 0.4) is 0 Å². The van der Waals surface area contributed by atoms with Crippen molar-refractivity contribution in [2.24, 2.45) is 5.14 Å². The normalized spacial score (nSPS) is 11.3. The van der Waals surface area contributed by atoms with Crippen LogP contribution in [0.5, 0.6) is 5.75 Å². The maximum atomic E-state index is 12.4. The summed E-state index contributed by atoms with van der Waals surface area (Å²) >= 11 is 0. The van der Waals surface area contributed by atoms with Crippen LogP contribution >= 0.6 is 0 Å². The standard InChI is InChI=1S/C23H27N3O3S/c1-25(2)19-14-17(15-20(26(3)4)23(19)29-5)18-12-9-13-21(30(24,27)28)22(18)16-10-7-6-8-11-16/h6-15H,1-5H3,(H2,24,27,28). The molecule has 0 amide bonds. The lowest BCUT2D eigenvalue weighted by molar-refractivity contribution is 0.416. The molecule has 0 aliphatic carbocycles. The van der Waals surface area contributed by atoms with E-state index in [0.717, 1.165) is 33.8 Å². The number of nitrogens with zero attached hydrogens (tertiary/aromatic N) is 2. The highest BCUT2D eigenvalue weighted by atomic mass is 32.2. The number of methoxy groups -OCH3 is 1. The van der Waals surface area contributed by atoms with Crippen LogP contribution in [0, 0.1) is 0 Å². The second-order valence-corrected chi connectivity index (χ2v) is 8.96. The number of hydrogen-bond acceptors (Lipinski definition) is 5. The zero-order valence-electron chi connectivity index (χ0n) is 17.9. The van der Waals surface area contributed by atoms with Gasteiger partial charge in [-0.15, -0.1) is 0 Å². The third-order valence-electron chi connectivity index (χ3n) is 4.92. The first-order valence-electron chi connectivity index (χ1n) is 9.43. The maximum absolute atomic E-state index is 12.4. The number of primary sulfonamides is 1. The molecule has 3 rings (SSSR count). The van der Waals surface area contributed by atoms with Crippen molar-refractivity contribution in [1.82, 2.24) is 0 Å². The van der Waals surface area contributed by atoms with Gasteiger partial charge in [0.2, 0.25) is 10.0 Å². The van der Waals surface area contributed by atoms with E-state index in [1.165, 1.54) is 0 Å². The highest BCUT2D eigenvalue weighted by Gasteiger charge is 2.22. The van der Waals surface area contributed by atoms with Gasteiger partial charge in [-0.1, -0.05) is 42.5 Å². The lowest BCUT2D eigenvalue weighted by atomic mass is 9.93. The molecule has 0 aromatic heterocycles. The van der Waals surface area contributed by atoms with Crippen LogP contribution in [-0.4, -0.2) is 43.7 Å². The van der Waals surface area contributed by atoms with Gasteiger partial charge in [0.15, 0.2) is 5.75 Å². The number of ether oxygens (including phenoxy) is 1. The minimum Gasteiger partial charge on any atom is -0.492 e. The molecule has 0 spiro atoms. The smallest absolute Gasteiger partial charge is 0.238 e. The SMILES string of the molecule is COc1c(N(C)C)cc(-c2cccc(S(N)(=O)=O)c2-c2ccccc2)cc1N(C)C. The molecule has 0 unspecified atom stereocenters. The Labute approximate surface area is 178 Å². The van der Waals surface area contributed by atoms with Gasteiger partial charge in [-0.2, -0.15) is 0 Å². The van der Waals surface area contributed by atoms with Gasteiger partial charge in [0.1, 0.15) is 0 Å². The minimum atomic E-state index is -3.92. The summed E-state index contributed by atoms with van der Waals surface area (Å²) in [5.74, 6) is 0.748. The van der Waals surface area contributed by atoms with Crippen LogP contribution in [-0.2, 0) is 10.0 Å². The molecule has 3 aromatic rings. The van der Waals surface area contributed by atoms with Crippen LogP contribution in [0.25, 0.3) is 22.3 Å². The van der Waals surface area contributed by atoms with E-state index in [1.807, 2.05) is 86.5 Å². The number of sulfonamides is 1. The van der Waals surface area contributed by atoms with E-state index in [1.54, 1.807) is 19.2 Å². The van der Waals surface area contributed by atoms with Crippen LogP contribution in [0.1, 0.15) is 0 Å². The highest BCUT2D eigenvalue weighted by Crippen LogP contribution is 2.44. The first-order valence-corrected chi connectivity index (χ1v) is 11.0. The Hall–Kier alpha value is -3.03. The molecular weight excluding hydrogens is 398 g/mol. The van der Waals surface area contributed by atoms with Crippen molar-refractivity contribution < 1.29 is 13.2 Å². The predicted molar refractivity (Wildman–Crippen MR) is 124 cm³/mol. The van der Waals surface area contributed by atoms with Gasteiger partial charge >= 0.3 is 0 Å². The van der Waals surface area contributed by atoms with E-state index < -0.39 is 10.0 Å². The second-order valence-electron chi connectivity index (χ2n) is 7.43. The fraction of sp³-hybridized carbons (Fsp3) is 0.217. The number of benzene rings is 3. The zero-order chi connectivity index (χ0) is 22.1. The van der Waals surface area contributed by atoms with Crippen LogP contribution in [0.15, 0.2) is 65.6 Å². The summed E-state index contributed by atoms with van der Waals surface area (Å²) in [5, 5.41) is 5.58. The molecule has 0 saturated heterocycles. The van der Waals surface area contributed by atoms with Crippen molar-refractivity contribution in [2.45, 2.75) is 4.90 Å². The summed E-state index contributed by atoms with van der Waals surface area (Å²) in [6.07, 6.45) is 0. The van der Waals surface area contributed by atoms with Crippen molar-refractivity contribution >= 4 is 21.4 Å². The number of hydrogen-bond donors (Lipinski definition) is 1. The Kier molecular flexibility index (Phi) is 6.05. The van der Waals surface area contributed by atoms with E-state index in [2.05, 4.69) is 0 Å². The van der Waals surface area contributed by atoms with Crippen molar-refractivity contribution in [3.05, 3.63) is 60.7 Å². The Balaban J connectivity index is 2.42. The van der Waals surface area contributed by atoms with Crippen molar-refractivity contribution in [1.29, 1.82) is 0 Å². The second kappa shape index (κ2) is 8.38. The average molecular weight is 426 g/mol. The molecule has 3 aromatic carbocycles. The van der Waals surface area contributed by atoms with E-state index in [4.69, 9.17) is 9.88 Å². The lowest BCUT2D eigenvalue weighted by Crippen LogP contribution is -2.16.